The van der Waals surface area contributed by atoms with Gasteiger partial charge in [0.15, 0.2) is 5.82 Å². The minimum absolute atomic E-state index is 0.106. The highest BCUT2D eigenvalue weighted by molar-refractivity contribution is 7.11. The lowest BCUT2D eigenvalue weighted by Crippen LogP contribution is -2.52. The van der Waals surface area contributed by atoms with Crippen molar-refractivity contribution in [3.8, 4) is 0 Å². The summed E-state index contributed by atoms with van der Waals surface area (Å²) >= 11 is 1.31. The molecule has 1 aliphatic rings. The van der Waals surface area contributed by atoms with E-state index in [1.165, 1.54) is 11.3 Å². The van der Waals surface area contributed by atoms with Crippen LogP contribution in [0.25, 0.3) is 0 Å². The number of rotatable bonds is 4. The third-order valence-electron chi connectivity index (χ3n) is 3.90. The average molecular weight is 333 g/mol. The lowest BCUT2D eigenvalue weighted by atomic mass is 10.0. The quantitative estimate of drug-likeness (QED) is 0.916. The van der Waals surface area contributed by atoms with E-state index in [4.69, 9.17) is 0 Å². The van der Waals surface area contributed by atoms with Gasteiger partial charge in [-0.15, -0.1) is 11.3 Å². The maximum atomic E-state index is 12.6. The Kier molecular flexibility index (Phi) is 4.42. The molecule has 122 valence electrons. The number of hydrogen-bond acceptors (Lipinski definition) is 5. The smallest absolute Gasteiger partial charge is 0.263 e. The summed E-state index contributed by atoms with van der Waals surface area (Å²) < 4.78 is 1.66. The highest BCUT2D eigenvalue weighted by Gasteiger charge is 2.32. The molecule has 0 bridgehead atoms. The molecule has 2 amide bonds. The number of aryl methyl sites for hydroxylation is 2. The van der Waals surface area contributed by atoms with Crippen molar-refractivity contribution in [3.05, 3.63) is 28.3 Å². The van der Waals surface area contributed by atoms with Crippen LogP contribution in [-0.4, -0.2) is 39.2 Å². The maximum absolute atomic E-state index is 12.6. The molecule has 23 heavy (non-hydrogen) atoms. The molecular weight excluding hydrogens is 314 g/mol. The number of carbonyl (C=O) groups excluding carboxylic acids is 2. The molecule has 8 heteroatoms. The number of hydrogen-bond donors (Lipinski definition) is 1. The van der Waals surface area contributed by atoms with Crippen LogP contribution in [0.4, 0.5) is 5.82 Å². The Morgan fingerprint density at radius 2 is 2.35 bits per heavy atom. The van der Waals surface area contributed by atoms with Gasteiger partial charge in [0.05, 0.1) is 11.2 Å². The molecule has 2 aromatic heterocycles. The monoisotopic (exact) mass is 333 g/mol. The number of nitrogens with zero attached hydrogens (tertiary/aromatic N) is 4. The Bertz CT molecular complexity index is 723. The second-order valence-electron chi connectivity index (χ2n) is 5.49. The zero-order valence-electron chi connectivity index (χ0n) is 13.2. The van der Waals surface area contributed by atoms with Gasteiger partial charge in [-0.2, -0.15) is 5.10 Å². The first-order chi connectivity index (χ1) is 11.1. The number of amides is 2. The van der Waals surface area contributed by atoms with Gasteiger partial charge in [-0.1, -0.05) is 6.92 Å². The zero-order valence-corrected chi connectivity index (χ0v) is 14.0. The van der Waals surface area contributed by atoms with Crippen molar-refractivity contribution < 1.29 is 9.59 Å². The van der Waals surface area contributed by atoms with Crippen LogP contribution in [0.1, 0.15) is 35.1 Å². The summed E-state index contributed by atoms with van der Waals surface area (Å²) in [7, 11) is 1.81. The van der Waals surface area contributed by atoms with Crippen molar-refractivity contribution in [1.82, 2.24) is 20.1 Å². The zero-order chi connectivity index (χ0) is 16.4. The Morgan fingerprint density at radius 3 is 3.04 bits per heavy atom. The van der Waals surface area contributed by atoms with Crippen LogP contribution in [0.5, 0.6) is 0 Å². The van der Waals surface area contributed by atoms with Crippen molar-refractivity contribution in [2.24, 2.45) is 7.05 Å². The first-order valence-corrected chi connectivity index (χ1v) is 8.52. The number of thiazole rings is 1. The third-order valence-corrected chi connectivity index (χ3v) is 4.77. The van der Waals surface area contributed by atoms with Crippen molar-refractivity contribution in [1.29, 1.82) is 0 Å². The average Bonchev–Trinajstić information content (AvgIpc) is 3.17. The summed E-state index contributed by atoms with van der Waals surface area (Å²) in [6.45, 7) is 2.59. The van der Waals surface area contributed by atoms with Gasteiger partial charge in [0.2, 0.25) is 0 Å². The molecule has 3 rings (SSSR count). The molecule has 0 aromatic carbocycles. The van der Waals surface area contributed by atoms with E-state index in [2.05, 4.69) is 15.4 Å². The molecular formula is C15H19N5O2S. The summed E-state index contributed by atoms with van der Waals surface area (Å²) in [6, 6.07) is 1.30. The summed E-state index contributed by atoms with van der Waals surface area (Å²) in [5.41, 5.74) is 2.44. The summed E-state index contributed by atoms with van der Waals surface area (Å²) in [5, 5.41) is 7.13. The molecule has 0 spiro atoms. The van der Waals surface area contributed by atoms with Crippen molar-refractivity contribution >= 4 is 29.0 Å². The van der Waals surface area contributed by atoms with E-state index in [-0.39, 0.29) is 11.8 Å². The van der Waals surface area contributed by atoms with Gasteiger partial charge in [-0.25, -0.2) is 4.98 Å². The van der Waals surface area contributed by atoms with Crippen LogP contribution in [0.3, 0.4) is 0 Å². The Morgan fingerprint density at radius 1 is 1.52 bits per heavy atom. The Balaban J connectivity index is 1.73. The number of aromatic nitrogens is 3. The largest absolute Gasteiger partial charge is 0.339 e. The molecule has 7 nitrogen and oxygen atoms in total. The van der Waals surface area contributed by atoms with Crippen LogP contribution in [0, 0.1) is 0 Å². The van der Waals surface area contributed by atoms with Crippen molar-refractivity contribution in [2.75, 3.05) is 11.4 Å². The molecule has 0 aliphatic carbocycles. The van der Waals surface area contributed by atoms with E-state index in [1.54, 1.807) is 27.4 Å². The summed E-state index contributed by atoms with van der Waals surface area (Å²) in [4.78, 5) is 31.5. The van der Waals surface area contributed by atoms with Gasteiger partial charge in [0, 0.05) is 25.9 Å². The van der Waals surface area contributed by atoms with E-state index in [0.29, 0.717) is 30.1 Å². The van der Waals surface area contributed by atoms with Gasteiger partial charge >= 0.3 is 0 Å². The SMILES string of the molecule is CCc1ncsc1C(=O)N[C@H]1CCCN(c2ccn(C)n2)C1=O. The fourth-order valence-corrected chi connectivity index (χ4v) is 3.50. The molecule has 0 unspecified atom stereocenters. The minimum atomic E-state index is -0.509. The van der Waals surface area contributed by atoms with E-state index < -0.39 is 6.04 Å². The van der Waals surface area contributed by atoms with Gasteiger partial charge in [0.25, 0.3) is 11.8 Å². The predicted molar refractivity (Wildman–Crippen MR) is 87.5 cm³/mol. The molecule has 1 atom stereocenters. The van der Waals surface area contributed by atoms with Crippen LogP contribution in [-0.2, 0) is 18.3 Å². The van der Waals surface area contributed by atoms with Gasteiger partial charge < -0.3 is 5.32 Å². The minimum Gasteiger partial charge on any atom is -0.339 e. The molecule has 1 N–H and O–H groups in total. The van der Waals surface area contributed by atoms with E-state index in [1.807, 2.05) is 14.0 Å². The molecule has 1 aliphatic heterocycles. The van der Waals surface area contributed by atoms with Gasteiger partial charge in [0.1, 0.15) is 10.9 Å². The lowest BCUT2D eigenvalue weighted by molar-refractivity contribution is -0.121. The standard InChI is InChI=1S/C15H19N5O2S/c1-3-10-13(23-9-16-10)14(21)17-11-5-4-7-20(15(11)22)12-6-8-19(2)18-12/h6,8-9,11H,3-5,7H2,1-2H3,(H,17,21)/t11-/m0/s1. The Labute approximate surface area is 138 Å². The number of piperidine rings is 1. The fraction of sp³-hybridized carbons (Fsp3) is 0.467. The van der Waals surface area contributed by atoms with Crippen LogP contribution in [0.2, 0.25) is 0 Å². The first kappa shape index (κ1) is 15.7. The Hall–Kier alpha value is -2.22. The third kappa shape index (κ3) is 3.12. The van der Waals surface area contributed by atoms with Crippen LogP contribution >= 0.6 is 11.3 Å². The number of nitrogens with one attached hydrogen (secondary N) is 1. The van der Waals surface area contributed by atoms with Gasteiger partial charge in [-0.3, -0.25) is 19.2 Å². The molecule has 1 saturated heterocycles. The van der Waals surface area contributed by atoms with Crippen LogP contribution < -0.4 is 10.2 Å². The molecule has 0 saturated carbocycles. The van der Waals surface area contributed by atoms with Gasteiger partial charge in [-0.05, 0) is 19.3 Å². The molecule has 2 aromatic rings. The van der Waals surface area contributed by atoms with Crippen molar-refractivity contribution in [3.63, 3.8) is 0 Å². The molecule has 0 radical (unpaired) electrons. The highest BCUT2D eigenvalue weighted by Crippen LogP contribution is 2.20. The topological polar surface area (TPSA) is 80.1 Å². The molecule has 1 fully saturated rings. The van der Waals surface area contributed by atoms with E-state index in [0.717, 1.165) is 12.1 Å². The van der Waals surface area contributed by atoms with E-state index in [9.17, 15) is 9.59 Å². The normalized spacial score (nSPS) is 18.3. The molecule has 3 heterocycles. The lowest BCUT2D eigenvalue weighted by Gasteiger charge is -2.31. The second-order valence-corrected chi connectivity index (χ2v) is 6.34. The number of anilines is 1. The number of carbonyl (C=O) groups is 2. The first-order valence-electron chi connectivity index (χ1n) is 7.64. The predicted octanol–water partition coefficient (Wildman–Crippen LogP) is 1.36. The summed E-state index contributed by atoms with van der Waals surface area (Å²) in [5.74, 6) is 0.305. The second kappa shape index (κ2) is 6.49. The maximum Gasteiger partial charge on any atom is 0.263 e. The van der Waals surface area contributed by atoms with Crippen molar-refractivity contribution in [2.45, 2.75) is 32.2 Å². The van der Waals surface area contributed by atoms with Crippen LogP contribution in [0.15, 0.2) is 17.8 Å². The highest BCUT2D eigenvalue weighted by atomic mass is 32.1. The van der Waals surface area contributed by atoms with E-state index >= 15 is 0 Å². The summed E-state index contributed by atoms with van der Waals surface area (Å²) in [6.07, 6.45) is 3.98. The fourth-order valence-electron chi connectivity index (χ4n) is 2.71.